The number of ether oxygens (including phenoxy) is 1. The third-order valence-electron chi connectivity index (χ3n) is 4.12. The van der Waals surface area contributed by atoms with E-state index in [4.69, 9.17) is 8.92 Å². The van der Waals surface area contributed by atoms with Gasteiger partial charge in [-0.3, -0.25) is 4.18 Å². The number of β-amino-alcohol motifs (C(OH)–C–C–N with tert-alkyl or cyclic N) is 1. The molecule has 26 heavy (non-hydrogen) atoms. The van der Waals surface area contributed by atoms with Crippen LogP contribution in [0.3, 0.4) is 0 Å². The zero-order valence-corrected chi connectivity index (χ0v) is 16.5. The Kier molecular flexibility index (Phi) is 6.31. The molecule has 7 nitrogen and oxygen atoms in total. The second-order valence-electron chi connectivity index (χ2n) is 7.59. The zero-order valence-electron chi connectivity index (χ0n) is 15.6. The summed E-state index contributed by atoms with van der Waals surface area (Å²) >= 11 is 0. The van der Waals surface area contributed by atoms with Gasteiger partial charge in [0.05, 0.1) is 24.2 Å². The number of aryl methyl sites for hydroxylation is 1. The number of carbonyl (C=O) groups excluding carboxylic acids is 1. The van der Waals surface area contributed by atoms with E-state index in [1.165, 1.54) is 17.0 Å². The molecule has 1 aromatic carbocycles. The molecular weight excluding hydrogens is 358 g/mol. The van der Waals surface area contributed by atoms with Crippen LogP contribution in [0.1, 0.15) is 32.8 Å². The SMILES string of the molecule is Cc1ccc(S(=O)(=O)OC[C@@H]2CCN(C(=O)OC(C)(C)C)C[C@@H]2O)cc1. The van der Waals surface area contributed by atoms with Gasteiger partial charge in [-0.05, 0) is 46.2 Å². The van der Waals surface area contributed by atoms with Crippen LogP contribution in [0.15, 0.2) is 29.2 Å². The molecule has 0 radical (unpaired) electrons. The number of aliphatic hydroxyl groups excluding tert-OH is 1. The molecule has 1 N–H and O–H groups in total. The van der Waals surface area contributed by atoms with Crippen molar-refractivity contribution < 1.29 is 27.2 Å². The summed E-state index contributed by atoms with van der Waals surface area (Å²) in [5.74, 6) is -0.367. The minimum absolute atomic E-state index is 0.0868. The minimum Gasteiger partial charge on any atom is -0.444 e. The first-order chi connectivity index (χ1) is 12.0. The molecule has 8 heteroatoms. The summed E-state index contributed by atoms with van der Waals surface area (Å²) in [6.45, 7) is 7.54. The molecule has 0 bridgehead atoms. The van der Waals surface area contributed by atoms with Crippen LogP contribution in [0.25, 0.3) is 0 Å². The highest BCUT2D eigenvalue weighted by Gasteiger charge is 2.33. The summed E-state index contributed by atoms with van der Waals surface area (Å²) in [6, 6.07) is 6.38. The van der Waals surface area contributed by atoms with Crippen LogP contribution in [0.5, 0.6) is 0 Å². The Labute approximate surface area is 155 Å². The van der Waals surface area contributed by atoms with Crippen LogP contribution >= 0.6 is 0 Å². The first-order valence-corrected chi connectivity index (χ1v) is 10.0. The van der Waals surface area contributed by atoms with E-state index in [0.29, 0.717) is 13.0 Å². The van der Waals surface area contributed by atoms with Crippen molar-refractivity contribution in [2.24, 2.45) is 5.92 Å². The molecule has 2 rings (SSSR count). The molecule has 1 aromatic rings. The number of benzene rings is 1. The molecule has 0 spiro atoms. The lowest BCUT2D eigenvalue weighted by Crippen LogP contribution is -2.49. The van der Waals surface area contributed by atoms with Crippen LogP contribution in [0.4, 0.5) is 4.79 Å². The van der Waals surface area contributed by atoms with Gasteiger partial charge < -0.3 is 14.7 Å². The van der Waals surface area contributed by atoms with Gasteiger partial charge in [0, 0.05) is 12.5 Å². The standard InChI is InChI=1S/C18H27NO6S/c1-13-5-7-15(8-6-13)26(22,23)24-12-14-9-10-19(11-16(14)20)17(21)25-18(2,3)4/h5-8,14,16,20H,9-12H2,1-4H3/t14-,16-/m0/s1. The largest absolute Gasteiger partial charge is 0.444 e. The fraction of sp³-hybridized carbons (Fsp3) is 0.611. The second-order valence-corrected chi connectivity index (χ2v) is 9.21. The molecule has 0 unspecified atom stereocenters. The average Bonchev–Trinajstić information content (AvgIpc) is 2.52. The number of piperidine rings is 1. The van der Waals surface area contributed by atoms with Crippen molar-refractivity contribution in [2.75, 3.05) is 19.7 Å². The van der Waals surface area contributed by atoms with E-state index < -0.39 is 27.9 Å². The Morgan fingerprint density at radius 2 is 1.88 bits per heavy atom. The first kappa shape index (κ1) is 20.7. The third kappa shape index (κ3) is 5.69. The normalized spacial score (nSPS) is 21.5. The smallest absolute Gasteiger partial charge is 0.410 e. The lowest BCUT2D eigenvalue weighted by atomic mass is 9.95. The van der Waals surface area contributed by atoms with Gasteiger partial charge in [0.15, 0.2) is 0 Å². The van der Waals surface area contributed by atoms with Gasteiger partial charge in [0.1, 0.15) is 5.60 Å². The number of rotatable bonds is 4. The number of amides is 1. The number of hydrogen-bond donors (Lipinski definition) is 1. The lowest BCUT2D eigenvalue weighted by molar-refractivity contribution is -0.0206. The van der Waals surface area contributed by atoms with Crippen molar-refractivity contribution in [3.63, 3.8) is 0 Å². The Bertz CT molecular complexity index is 723. The lowest BCUT2D eigenvalue weighted by Gasteiger charge is -2.36. The van der Waals surface area contributed by atoms with Crippen LogP contribution in [0, 0.1) is 12.8 Å². The summed E-state index contributed by atoms with van der Waals surface area (Å²) in [7, 11) is -3.87. The summed E-state index contributed by atoms with van der Waals surface area (Å²) in [6.07, 6.45) is -0.920. The van der Waals surface area contributed by atoms with E-state index in [1.807, 2.05) is 6.92 Å². The fourth-order valence-corrected chi connectivity index (χ4v) is 3.58. The quantitative estimate of drug-likeness (QED) is 0.800. The summed E-state index contributed by atoms with van der Waals surface area (Å²) in [5, 5.41) is 10.3. The van der Waals surface area contributed by atoms with Crippen LogP contribution < -0.4 is 0 Å². The van der Waals surface area contributed by atoms with E-state index in [2.05, 4.69) is 0 Å². The summed E-state index contributed by atoms with van der Waals surface area (Å²) in [5.41, 5.74) is 0.346. The van der Waals surface area contributed by atoms with Gasteiger partial charge in [-0.15, -0.1) is 0 Å². The van der Waals surface area contributed by atoms with E-state index in [0.717, 1.165) is 5.56 Å². The number of nitrogens with zero attached hydrogens (tertiary/aromatic N) is 1. The average molecular weight is 385 g/mol. The maximum absolute atomic E-state index is 12.2. The molecule has 1 amide bonds. The Hall–Kier alpha value is -1.64. The highest BCUT2D eigenvalue weighted by Crippen LogP contribution is 2.22. The number of aliphatic hydroxyl groups is 1. The van der Waals surface area contributed by atoms with Gasteiger partial charge in [-0.25, -0.2) is 4.79 Å². The van der Waals surface area contributed by atoms with E-state index in [-0.39, 0.29) is 24.0 Å². The Morgan fingerprint density at radius 3 is 2.42 bits per heavy atom. The topological polar surface area (TPSA) is 93.1 Å². The van der Waals surface area contributed by atoms with Crippen LogP contribution in [-0.4, -0.2) is 55.9 Å². The van der Waals surface area contributed by atoms with Crippen LogP contribution in [-0.2, 0) is 19.0 Å². The number of likely N-dealkylation sites (tertiary alicyclic amines) is 1. The second kappa shape index (κ2) is 7.94. The number of hydrogen-bond acceptors (Lipinski definition) is 6. The minimum atomic E-state index is -3.87. The molecule has 0 aromatic heterocycles. The molecule has 1 fully saturated rings. The van der Waals surface area contributed by atoms with Crippen molar-refractivity contribution in [1.29, 1.82) is 0 Å². The first-order valence-electron chi connectivity index (χ1n) is 8.60. The molecule has 1 saturated heterocycles. The fourth-order valence-electron chi connectivity index (χ4n) is 2.62. The van der Waals surface area contributed by atoms with Crippen molar-refractivity contribution in [3.8, 4) is 0 Å². The monoisotopic (exact) mass is 385 g/mol. The van der Waals surface area contributed by atoms with Gasteiger partial charge in [-0.1, -0.05) is 17.7 Å². The van der Waals surface area contributed by atoms with Crippen molar-refractivity contribution in [3.05, 3.63) is 29.8 Å². The van der Waals surface area contributed by atoms with E-state index in [9.17, 15) is 18.3 Å². The molecule has 146 valence electrons. The molecule has 1 aliphatic heterocycles. The zero-order chi connectivity index (χ0) is 19.5. The van der Waals surface area contributed by atoms with Crippen molar-refractivity contribution in [2.45, 2.75) is 50.7 Å². The highest BCUT2D eigenvalue weighted by molar-refractivity contribution is 7.86. The molecule has 1 aliphatic rings. The predicted octanol–water partition coefficient (Wildman–Crippen LogP) is 2.32. The molecule has 1 heterocycles. The highest BCUT2D eigenvalue weighted by atomic mass is 32.2. The van der Waals surface area contributed by atoms with Gasteiger partial charge in [0.2, 0.25) is 0 Å². The maximum atomic E-state index is 12.2. The van der Waals surface area contributed by atoms with Gasteiger partial charge in [0.25, 0.3) is 10.1 Å². The van der Waals surface area contributed by atoms with Gasteiger partial charge >= 0.3 is 6.09 Å². The molecule has 0 aliphatic carbocycles. The third-order valence-corrected chi connectivity index (χ3v) is 5.42. The summed E-state index contributed by atoms with van der Waals surface area (Å²) in [4.78, 5) is 13.6. The molecule has 0 saturated carbocycles. The van der Waals surface area contributed by atoms with Crippen molar-refractivity contribution in [1.82, 2.24) is 4.90 Å². The predicted molar refractivity (Wildman–Crippen MR) is 96.2 cm³/mol. The van der Waals surface area contributed by atoms with Gasteiger partial charge in [-0.2, -0.15) is 8.42 Å². The van der Waals surface area contributed by atoms with Crippen LogP contribution in [0.2, 0.25) is 0 Å². The number of carbonyl (C=O) groups is 1. The molecular formula is C18H27NO6S. The van der Waals surface area contributed by atoms with E-state index in [1.54, 1.807) is 32.9 Å². The molecule has 2 atom stereocenters. The summed E-state index contributed by atoms with van der Waals surface area (Å²) < 4.78 is 34.9. The maximum Gasteiger partial charge on any atom is 0.410 e. The van der Waals surface area contributed by atoms with Crippen molar-refractivity contribution >= 4 is 16.2 Å². The Balaban J connectivity index is 1.90. The van der Waals surface area contributed by atoms with E-state index >= 15 is 0 Å². The Morgan fingerprint density at radius 1 is 1.27 bits per heavy atom.